The molecule has 0 radical (unpaired) electrons. The molecule has 0 rings (SSSR count). The van der Waals surface area contributed by atoms with Crippen LogP contribution in [0.1, 0.15) is 87.0 Å². The van der Waals surface area contributed by atoms with Crippen LogP contribution in [0.3, 0.4) is 0 Å². The maximum Gasteiger partial charge on any atom is 0.345 e. The summed E-state index contributed by atoms with van der Waals surface area (Å²) in [7, 11) is 0. The number of hydrogen-bond acceptors (Lipinski definition) is 4. The number of carbonyl (C=O) groups is 1. The topological polar surface area (TPSA) is 44.8 Å². The van der Waals surface area contributed by atoms with Crippen molar-refractivity contribution < 1.29 is 19.3 Å². The summed E-state index contributed by atoms with van der Waals surface area (Å²) < 4.78 is 5.68. The van der Waals surface area contributed by atoms with Gasteiger partial charge in [-0.2, -0.15) is 4.89 Å². The van der Waals surface area contributed by atoms with Gasteiger partial charge in [-0.3, -0.25) is 4.89 Å². The predicted molar refractivity (Wildman–Crippen MR) is 98.6 cm³/mol. The zero-order valence-electron chi connectivity index (χ0n) is 17.0. The molecule has 0 saturated heterocycles. The molecule has 24 heavy (non-hydrogen) atoms. The molecule has 0 aromatic heterocycles. The minimum atomic E-state index is -0.496. The fourth-order valence-electron chi connectivity index (χ4n) is 2.80. The third kappa shape index (κ3) is 11.0. The van der Waals surface area contributed by atoms with Gasteiger partial charge in [-0.15, -0.1) is 0 Å². The molecule has 4 nitrogen and oxygen atoms in total. The molecule has 2 atom stereocenters. The van der Waals surface area contributed by atoms with Crippen molar-refractivity contribution in [2.45, 2.75) is 92.6 Å². The van der Waals surface area contributed by atoms with Crippen molar-refractivity contribution in [2.75, 3.05) is 13.2 Å². The zero-order valence-corrected chi connectivity index (χ0v) is 17.0. The Morgan fingerprint density at radius 1 is 1.08 bits per heavy atom. The number of carbonyl (C=O) groups excluding carboxylic acids is 1. The maximum absolute atomic E-state index is 12.3. The van der Waals surface area contributed by atoms with E-state index in [1.165, 1.54) is 0 Å². The molecule has 2 unspecified atom stereocenters. The highest BCUT2D eigenvalue weighted by molar-refractivity contribution is 5.71. The van der Waals surface area contributed by atoms with Gasteiger partial charge in [0.15, 0.2) is 0 Å². The first-order valence-corrected chi connectivity index (χ1v) is 9.71. The van der Waals surface area contributed by atoms with Crippen molar-refractivity contribution in [2.24, 2.45) is 17.8 Å². The summed E-state index contributed by atoms with van der Waals surface area (Å²) in [4.78, 5) is 23.1. The lowest BCUT2D eigenvalue weighted by atomic mass is 9.91. The van der Waals surface area contributed by atoms with Gasteiger partial charge in [-0.25, -0.2) is 4.79 Å². The van der Waals surface area contributed by atoms with Gasteiger partial charge in [-0.1, -0.05) is 54.4 Å². The Labute approximate surface area is 149 Å². The van der Waals surface area contributed by atoms with Crippen LogP contribution in [-0.2, 0) is 19.3 Å². The normalized spacial score (nSPS) is 15.5. The second-order valence-electron chi connectivity index (χ2n) is 8.00. The van der Waals surface area contributed by atoms with Crippen molar-refractivity contribution >= 4 is 5.97 Å². The summed E-state index contributed by atoms with van der Waals surface area (Å²) >= 11 is 0. The maximum atomic E-state index is 12.3. The lowest BCUT2D eigenvalue weighted by molar-refractivity contribution is -0.337. The zero-order chi connectivity index (χ0) is 18.6. The van der Waals surface area contributed by atoms with E-state index in [2.05, 4.69) is 34.6 Å². The quantitative estimate of drug-likeness (QED) is 0.235. The summed E-state index contributed by atoms with van der Waals surface area (Å²) in [6, 6.07) is 0. The van der Waals surface area contributed by atoms with E-state index in [-0.39, 0.29) is 11.9 Å². The summed E-state index contributed by atoms with van der Waals surface area (Å²) in [6.45, 7) is 16.1. The van der Waals surface area contributed by atoms with Crippen LogP contribution < -0.4 is 0 Å². The molecule has 4 heteroatoms. The summed E-state index contributed by atoms with van der Waals surface area (Å²) in [5.41, 5.74) is -0.496. The number of unbranched alkanes of at least 4 members (excludes halogenated alkanes) is 1. The first kappa shape index (κ1) is 23.4. The second-order valence-corrected chi connectivity index (χ2v) is 8.00. The Balaban J connectivity index is 4.50. The van der Waals surface area contributed by atoms with Gasteiger partial charge < -0.3 is 4.74 Å². The highest BCUT2D eigenvalue weighted by Crippen LogP contribution is 2.26. The van der Waals surface area contributed by atoms with Gasteiger partial charge in [-0.05, 0) is 38.0 Å². The molecule has 0 aliphatic rings. The van der Waals surface area contributed by atoms with Crippen molar-refractivity contribution in [1.82, 2.24) is 0 Å². The van der Waals surface area contributed by atoms with Crippen LogP contribution in [-0.4, -0.2) is 24.8 Å². The van der Waals surface area contributed by atoms with Crippen molar-refractivity contribution in [1.29, 1.82) is 0 Å². The van der Waals surface area contributed by atoms with E-state index in [4.69, 9.17) is 14.5 Å². The van der Waals surface area contributed by atoms with E-state index >= 15 is 0 Å². The highest BCUT2D eigenvalue weighted by Gasteiger charge is 2.31. The average Bonchev–Trinajstić information content (AvgIpc) is 2.49. The SMILES string of the molecule is CCCCC(CC)C(=O)OOC(C)(CCOCC(C)C)CC(C)C. The Morgan fingerprint density at radius 3 is 2.25 bits per heavy atom. The Kier molecular flexibility index (Phi) is 12.4. The van der Waals surface area contributed by atoms with Crippen LogP contribution in [0, 0.1) is 17.8 Å². The van der Waals surface area contributed by atoms with Gasteiger partial charge in [0.05, 0.1) is 5.92 Å². The molecule has 0 fully saturated rings. The summed E-state index contributed by atoms with van der Waals surface area (Å²) in [6.07, 6.45) is 5.34. The molecule has 0 saturated carbocycles. The lowest BCUT2D eigenvalue weighted by Crippen LogP contribution is -2.34. The molecule has 0 bridgehead atoms. The van der Waals surface area contributed by atoms with Gasteiger partial charge in [0.1, 0.15) is 5.60 Å². The molecule has 0 N–H and O–H groups in total. The molecule has 0 aliphatic carbocycles. The molecule has 0 aromatic rings. The number of hydrogen-bond donors (Lipinski definition) is 0. The number of rotatable bonds is 14. The van der Waals surface area contributed by atoms with Crippen LogP contribution in [0.2, 0.25) is 0 Å². The van der Waals surface area contributed by atoms with Crippen LogP contribution >= 0.6 is 0 Å². The van der Waals surface area contributed by atoms with E-state index in [0.29, 0.717) is 18.4 Å². The highest BCUT2D eigenvalue weighted by atomic mass is 17.2. The number of ether oxygens (including phenoxy) is 1. The molecular weight excluding hydrogens is 304 g/mol. The minimum Gasteiger partial charge on any atom is -0.381 e. The van der Waals surface area contributed by atoms with E-state index in [1.807, 2.05) is 13.8 Å². The van der Waals surface area contributed by atoms with Crippen molar-refractivity contribution in [3.63, 3.8) is 0 Å². The van der Waals surface area contributed by atoms with Crippen LogP contribution in [0.25, 0.3) is 0 Å². The summed E-state index contributed by atoms with van der Waals surface area (Å²) in [5.74, 6) is 0.680. The van der Waals surface area contributed by atoms with E-state index in [0.717, 1.165) is 45.1 Å². The molecule has 0 aromatic carbocycles. The van der Waals surface area contributed by atoms with Crippen molar-refractivity contribution in [3.8, 4) is 0 Å². The van der Waals surface area contributed by atoms with Crippen LogP contribution in [0.15, 0.2) is 0 Å². The largest absolute Gasteiger partial charge is 0.381 e. The smallest absolute Gasteiger partial charge is 0.345 e. The monoisotopic (exact) mass is 344 g/mol. The summed E-state index contributed by atoms with van der Waals surface area (Å²) in [5, 5.41) is 0. The average molecular weight is 345 g/mol. The molecule has 0 aliphatic heterocycles. The molecular formula is C20H40O4. The Bertz CT molecular complexity index is 328. The molecule has 144 valence electrons. The fourth-order valence-corrected chi connectivity index (χ4v) is 2.80. The standard InChI is InChI=1S/C20H40O4/c1-8-10-11-18(9-2)19(21)23-24-20(7,14-16(3)4)12-13-22-15-17(5)6/h16-18H,8-15H2,1-7H3. The van der Waals surface area contributed by atoms with Gasteiger partial charge in [0.25, 0.3) is 0 Å². The van der Waals surface area contributed by atoms with Gasteiger partial charge in [0, 0.05) is 19.6 Å². The lowest BCUT2D eigenvalue weighted by Gasteiger charge is -2.30. The van der Waals surface area contributed by atoms with E-state index in [1.54, 1.807) is 0 Å². The van der Waals surface area contributed by atoms with Crippen LogP contribution in [0.4, 0.5) is 0 Å². The van der Waals surface area contributed by atoms with E-state index < -0.39 is 5.60 Å². The van der Waals surface area contributed by atoms with Crippen molar-refractivity contribution in [3.05, 3.63) is 0 Å². The fraction of sp³-hybridized carbons (Fsp3) is 0.950. The molecule has 0 heterocycles. The van der Waals surface area contributed by atoms with Gasteiger partial charge >= 0.3 is 5.97 Å². The van der Waals surface area contributed by atoms with Gasteiger partial charge in [0.2, 0.25) is 0 Å². The molecule has 0 amide bonds. The third-order valence-corrected chi connectivity index (χ3v) is 4.12. The second kappa shape index (κ2) is 12.7. The first-order valence-electron chi connectivity index (χ1n) is 9.71. The Morgan fingerprint density at radius 2 is 1.75 bits per heavy atom. The molecule has 0 spiro atoms. The minimum absolute atomic E-state index is 0.0644. The predicted octanol–water partition coefficient (Wildman–Crippen LogP) is 5.55. The van der Waals surface area contributed by atoms with E-state index in [9.17, 15) is 4.79 Å². The first-order chi connectivity index (χ1) is 11.2. The third-order valence-electron chi connectivity index (χ3n) is 4.12. The van der Waals surface area contributed by atoms with Crippen LogP contribution in [0.5, 0.6) is 0 Å². The Hall–Kier alpha value is -0.610.